The fourth-order valence-electron chi connectivity index (χ4n) is 2.62. The van der Waals surface area contributed by atoms with Gasteiger partial charge in [-0.25, -0.2) is 0 Å². The first-order valence-corrected chi connectivity index (χ1v) is 8.77. The zero-order valence-electron chi connectivity index (χ0n) is 15.8. The van der Waals surface area contributed by atoms with Crippen LogP contribution in [-0.2, 0) is 19.2 Å². The molecule has 0 aliphatic carbocycles. The molecule has 0 saturated carbocycles. The Labute approximate surface area is 159 Å². The molecule has 0 fully saturated rings. The Bertz CT molecular complexity index is 805. The topological polar surface area (TPSA) is 12.5 Å². The molecule has 0 unspecified atom stereocenters. The highest BCUT2D eigenvalue weighted by atomic mass is 19.4. The summed E-state index contributed by atoms with van der Waals surface area (Å²) in [5.41, 5.74) is 0.936. The van der Waals surface area contributed by atoms with Gasteiger partial charge in [0.05, 0.1) is 12.1 Å². The Balaban J connectivity index is 1.98. The van der Waals surface area contributed by atoms with Gasteiger partial charge in [0.2, 0.25) is 0 Å². The Morgan fingerprint density at radius 1 is 1.07 bits per heavy atom. The molecule has 5 heteroatoms. The summed E-state index contributed by atoms with van der Waals surface area (Å²) in [4.78, 5) is 2.17. The second-order valence-electron chi connectivity index (χ2n) is 6.53. The number of benzene rings is 2. The van der Waals surface area contributed by atoms with Crippen molar-refractivity contribution in [2.24, 2.45) is 0 Å². The van der Waals surface area contributed by atoms with Gasteiger partial charge >= 0.3 is 6.18 Å². The smallest absolute Gasteiger partial charge is 0.416 e. The summed E-state index contributed by atoms with van der Waals surface area (Å²) in [5.74, 6) is 6.59. The predicted octanol–water partition coefficient (Wildman–Crippen LogP) is 5.17. The molecule has 2 nitrogen and oxygen atoms in total. The second-order valence-corrected chi connectivity index (χ2v) is 6.53. The molecule has 0 saturated heterocycles. The normalized spacial score (nSPS) is 12.4. The summed E-state index contributed by atoms with van der Waals surface area (Å²) in [7, 11) is 2.03. The largest absolute Gasteiger partial charge is 0.489 e. The number of nitrogens with zero attached hydrogens (tertiary/aromatic N) is 1. The molecule has 0 radical (unpaired) electrons. The van der Waals surface area contributed by atoms with E-state index in [4.69, 9.17) is 4.74 Å². The summed E-state index contributed by atoms with van der Waals surface area (Å²) in [6.07, 6.45) is -3.51. The highest BCUT2D eigenvalue weighted by molar-refractivity contribution is 5.30. The van der Waals surface area contributed by atoms with Crippen molar-refractivity contribution in [1.29, 1.82) is 0 Å². The molecular formula is C22H24F3NO. The van der Waals surface area contributed by atoms with E-state index in [-0.39, 0.29) is 6.61 Å². The van der Waals surface area contributed by atoms with Gasteiger partial charge in [0.1, 0.15) is 12.4 Å². The lowest BCUT2D eigenvalue weighted by molar-refractivity contribution is -0.137. The molecule has 0 aliphatic rings. The van der Waals surface area contributed by atoms with Crippen LogP contribution >= 0.6 is 0 Å². The minimum atomic E-state index is -4.35. The molecular weight excluding hydrogens is 351 g/mol. The van der Waals surface area contributed by atoms with Gasteiger partial charge in [-0.1, -0.05) is 30.2 Å². The number of rotatable bonds is 7. The minimum Gasteiger partial charge on any atom is -0.489 e. The highest BCUT2D eigenvalue weighted by Gasteiger charge is 2.30. The van der Waals surface area contributed by atoms with Crippen LogP contribution < -0.4 is 4.74 Å². The summed E-state index contributed by atoms with van der Waals surface area (Å²) in [6.45, 7) is 4.76. The number of likely N-dealkylation sites (N-methyl/N-ethyl adjacent to an activating group) is 1. The first kappa shape index (κ1) is 20.9. The number of halogens is 3. The van der Waals surface area contributed by atoms with Gasteiger partial charge in [-0.05, 0) is 62.7 Å². The van der Waals surface area contributed by atoms with Gasteiger partial charge < -0.3 is 4.74 Å². The van der Waals surface area contributed by atoms with Crippen LogP contribution in [0.25, 0.3) is 0 Å². The lowest BCUT2D eigenvalue weighted by Gasteiger charge is -2.22. The van der Waals surface area contributed by atoms with E-state index >= 15 is 0 Å². The van der Waals surface area contributed by atoms with Crippen molar-refractivity contribution in [1.82, 2.24) is 4.90 Å². The van der Waals surface area contributed by atoms with Gasteiger partial charge in [0.25, 0.3) is 0 Å². The molecule has 1 atom stereocenters. The Morgan fingerprint density at radius 2 is 1.78 bits per heavy atom. The van der Waals surface area contributed by atoms with E-state index in [2.05, 4.69) is 23.7 Å². The Morgan fingerprint density at radius 3 is 2.48 bits per heavy atom. The fraction of sp³-hybridized carbons (Fsp3) is 0.364. The van der Waals surface area contributed by atoms with Crippen molar-refractivity contribution in [3.8, 4) is 17.6 Å². The van der Waals surface area contributed by atoms with E-state index in [9.17, 15) is 13.2 Å². The SMILES string of the molecule is CC#CCN(C)[C@H](C)Cc1cccc(OCc2cccc(C(F)(F)F)c2)c1. The Kier molecular flexibility index (Phi) is 7.32. The molecule has 0 heterocycles. The van der Waals surface area contributed by atoms with E-state index in [0.717, 1.165) is 24.1 Å². The predicted molar refractivity (Wildman–Crippen MR) is 101 cm³/mol. The second kappa shape index (κ2) is 9.48. The number of hydrogen-bond acceptors (Lipinski definition) is 2. The highest BCUT2D eigenvalue weighted by Crippen LogP contribution is 2.29. The fourth-order valence-corrected chi connectivity index (χ4v) is 2.62. The first-order chi connectivity index (χ1) is 12.8. The lowest BCUT2D eigenvalue weighted by atomic mass is 10.1. The molecule has 27 heavy (non-hydrogen) atoms. The van der Waals surface area contributed by atoms with Crippen LogP contribution in [0.2, 0.25) is 0 Å². The molecule has 144 valence electrons. The maximum Gasteiger partial charge on any atom is 0.416 e. The monoisotopic (exact) mass is 375 g/mol. The standard InChI is InChI=1S/C22H24F3NO/c1-4-5-12-26(3)17(2)13-18-8-7-11-21(15-18)27-16-19-9-6-10-20(14-19)22(23,24)25/h6-11,14-15,17H,12-13,16H2,1-3H3/t17-/m1/s1. The van der Waals surface area contributed by atoms with Crippen LogP contribution in [0.3, 0.4) is 0 Å². The van der Waals surface area contributed by atoms with Crippen molar-refractivity contribution in [3.63, 3.8) is 0 Å². The van der Waals surface area contributed by atoms with E-state index < -0.39 is 11.7 Å². The van der Waals surface area contributed by atoms with Crippen molar-refractivity contribution in [2.45, 2.75) is 39.1 Å². The van der Waals surface area contributed by atoms with E-state index in [1.54, 1.807) is 6.07 Å². The van der Waals surface area contributed by atoms with E-state index in [0.29, 0.717) is 23.9 Å². The number of ether oxygens (including phenoxy) is 1. The van der Waals surface area contributed by atoms with Crippen molar-refractivity contribution >= 4 is 0 Å². The zero-order valence-corrected chi connectivity index (χ0v) is 15.8. The Hall–Kier alpha value is -2.45. The lowest BCUT2D eigenvalue weighted by Crippen LogP contribution is -2.31. The third-order valence-electron chi connectivity index (χ3n) is 4.35. The van der Waals surface area contributed by atoms with E-state index in [1.807, 2.05) is 38.2 Å². The van der Waals surface area contributed by atoms with E-state index in [1.165, 1.54) is 6.07 Å². The van der Waals surface area contributed by atoms with Crippen LogP contribution in [0.15, 0.2) is 48.5 Å². The van der Waals surface area contributed by atoms with Gasteiger partial charge in [-0.2, -0.15) is 13.2 Å². The molecule has 0 amide bonds. The van der Waals surface area contributed by atoms with Crippen molar-refractivity contribution in [3.05, 3.63) is 65.2 Å². The third kappa shape index (κ3) is 6.65. The van der Waals surface area contributed by atoms with Crippen molar-refractivity contribution < 1.29 is 17.9 Å². The molecule has 0 N–H and O–H groups in total. The van der Waals surface area contributed by atoms with Crippen molar-refractivity contribution in [2.75, 3.05) is 13.6 Å². The quantitative estimate of drug-likeness (QED) is 0.619. The van der Waals surface area contributed by atoms with Gasteiger partial charge in [0, 0.05) is 6.04 Å². The zero-order chi connectivity index (χ0) is 19.9. The molecule has 0 aliphatic heterocycles. The first-order valence-electron chi connectivity index (χ1n) is 8.77. The van der Waals surface area contributed by atoms with Crippen LogP contribution in [0, 0.1) is 11.8 Å². The summed E-state index contributed by atoms with van der Waals surface area (Å²) in [5, 5.41) is 0. The average Bonchev–Trinajstić information content (AvgIpc) is 2.64. The van der Waals surface area contributed by atoms with Crippen LogP contribution in [0.4, 0.5) is 13.2 Å². The van der Waals surface area contributed by atoms with Gasteiger partial charge in [-0.3, -0.25) is 4.90 Å². The summed E-state index contributed by atoms with van der Waals surface area (Å²) in [6, 6.07) is 13.2. The molecule has 0 spiro atoms. The average molecular weight is 375 g/mol. The van der Waals surface area contributed by atoms with Crippen LogP contribution in [0.1, 0.15) is 30.5 Å². The van der Waals surface area contributed by atoms with Gasteiger partial charge in [-0.15, -0.1) is 5.92 Å². The summed E-state index contributed by atoms with van der Waals surface area (Å²) >= 11 is 0. The maximum atomic E-state index is 12.8. The molecule has 0 bridgehead atoms. The molecule has 2 aromatic rings. The molecule has 0 aromatic heterocycles. The molecule has 2 aromatic carbocycles. The minimum absolute atomic E-state index is 0.0922. The third-order valence-corrected chi connectivity index (χ3v) is 4.35. The number of alkyl halides is 3. The summed E-state index contributed by atoms with van der Waals surface area (Å²) < 4.78 is 44.1. The van der Waals surface area contributed by atoms with Crippen LogP contribution in [-0.4, -0.2) is 24.5 Å². The maximum absolute atomic E-state index is 12.8. The molecule has 2 rings (SSSR count). The van der Waals surface area contributed by atoms with Gasteiger partial charge in [0.15, 0.2) is 0 Å². The number of hydrogen-bond donors (Lipinski definition) is 0. The van der Waals surface area contributed by atoms with Crippen LogP contribution in [0.5, 0.6) is 5.75 Å².